The molecule has 5 nitrogen and oxygen atoms in total. The molecule has 1 fully saturated rings. The number of nitrogens with zero attached hydrogens (tertiary/aromatic N) is 2. The zero-order chi connectivity index (χ0) is 14.7. The van der Waals surface area contributed by atoms with E-state index < -0.39 is 0 Å². The Balaban J connectivity index is 2.10. The molecule has 0 bridgehead atoms. The van der Waals surface area contributed by atoms with E-state index in [0.29, 0.717) is 18.0 Å². The molecule has 112 valence electrons. The lowest BCUT2D eigenvalue weighted by molar-refractivity contribution is 0.0469. The number of aliphatic hydroxyl groups is 1. The maximum absolute atomic E-state index is 12.6. The molecule has 6 heteroatoms. The number of thiazole rings is 1. The fourth-order valence-electron chi connectivity index (χ4n) is 2.57. The first-order chi connectivity index (χ1) is 9.52. The van der Waals surface area contributed by atoms with E-state index in [1.54, 1.807) is 14.0 Å². The highest BCUT2D eigenvalue weighted by atomic mass is 32.1. The lowest BCUT2D eigenvalue weighted by atomic mass is 9.93. The van der Waals surface area contributed by atoms with E-state index in [9.17, 15) is 9.90 Å². The summed E-state index contributed by atoms with van der Waals surface area (Å²) in [5, 5.41) is 10.5. The first-order valence-corrected chi connectivity index (χ1v) is 7.77. The molecule has 20 heavy (non-hydrogen) atoms. The highest BCUT2D eigenvalue weighted by Gasteiger charge is 2.29. The van der Waals surface area contributed by atoms with Gasteiger partial charge in [-0.3, -0.25) is 4.79 Å². The van der Waals surface area contributed by atoms with Gasteiger partial charge in [0, 0.05) is 26.1 Å². The number of amides is 1. The minimum absolute atomic E-state index is 0.0349. The zero-order valence-corrected chi connectivity index (χ0v) is 13.1. The van der Waals surface area contributed by atoms with Crippen LogP contribution in [-0.2, 0) is 11.3 Å². The quantitative estimate of drug-likeness (QED) is 0.921. The van der Waals surface area contributed by atoms with Gasteiger partial charge in [0.1, 0.15) is 9.88 Å². The van der Waals surface area contributed by atoms with Gasteiger partial charge in [0.2, 0.25) is 0 Å². The number of methoxy groups -OCH3 is 1. The van der Waals surface area contributed by atoms with Gasteiger partial charge in [0.05, 0.1) is 18.4 Å². The summed E-state index contributed by atoms with van der Waals surface area (Å²) < 4.78 is 5.06. The van der Waals surface area contributed by atoms with Gasteiger partial charge in [0.15, 0.2) is 0 Å². The van der Waals surface area contributed by atoms with Gasteiger partial charge in [-0.1, -0.05) is 0 Å². The molecule has 1 aromatic heterocycles. The predicted octanol–water partition coefficient (Wildman–Crippen LogP) is 1.83. The standard InChI is InChI=1S/C14H22N2O3S/c1-9-13(20-12(15-9)8-19-3)14(18)16-6-4-5-11(7-16)10(2)17/h10-11,17H,4-8H2,1-3H3. The van der Waals surface area contributed by atoms with Crippen molar-refractivity contribution >= 4 is 17.2 Å². The van der Waals surface area contributed by atoms with Gasteiger partial charge in [-0.15, -0.1) is 11.3 Å². The monoisotopic (exact) mass is 298 g/mol. The average molecular weight is 298 g/mol. The molecular formula is C14H22N2O3S. The second-order valence-corrected chi connectivity index (χ2v) is 6.43. The highest BCUT2D eigenvalue weighted by Crippen LogP contribution is 2.25. The summed E-state index contributed by atoms with van der Waals surface area (Å²) in [6, 6.07) is 0. The van der Waals surface area contributed by atoms with Crippen LogP contribution in [0.3, 0.4) is 0 Å². The summed E-state index contributed by atoms with van der Waals surface area (Å²) in [6.45, 7) is 5.49. The van der Waals surface area contributed by atoms with E-state index in [0.717, 1.165) is 30.1 Å². The number of aromatic nitrogens is 1. The number of aryl methyl sites for hydroxylation is 1. The van der Waals surface area contributed by atoms with Crippen molar-refractivity contribution in [3.8, 4) is 0 Å². The molecule has 2 rings (SSSR count). The topological polar surface area (TPSA) is 62.7 Å². The molecule has 0 aliphatic carbocycles. The van der Waals surface area contributed by atoms with Crippen LogP contribution in [0.2, 0.25) is 0 Å². The Morgan fingerprint density at radius 1 is 1.65 bits per heavy atom. The Morgan fingerprint density at radius 3 is 3.05 bits per heavy atom. The molecule has 0 saturated carbocycles. The van der Waals surface area contributed by atoms with Crippen molar-refractivity contribution in [1.29, 1.82) is 0 Å². The van der Waals surface area contributed by atoms with Crippen molar-refractivity contribution in [3.63, 3.8) is 0 Å². The number of piperidine rings is 1. The van der Waals surface area contributed by atoms with E-state index in [1.807, 2.05) is 11.8 Å². The Morgan fingerprint density at radius 2 is 2.40 bits per heavy atom. The summed E-state index contributed by atoms with van der Waals surface area (Å²) >= 11 is 1.41. The third-order valence-corrected chi connectivity index (χ3v) is 4.85. The largest absolute Gasteiger partial charge is 0.393 e. The van der Waals surface area contributed by atoms with Crippen LogP contribution in [0.4, 0.5) is 0 Å². The molecule has 1 amide bonds. The molecule has 0 radical (unpaired) electrons. The van der Waals surface area contributed by atoms with Gasteiger partial charge >= 0.3 is 0 Å². The summed E-state index contributed by atoms with van der Waals surface area (Å²) in [5.41, 5.74) is 0.770. The number of carbonyl (C=O) groups is 1. The van der Waals surface area contributed by atoms with Crippen molar-refractivity contribution in [2.75, 3.05) is 20.2 Å². The van der Waals surface area contributed by atoms with Crippen LogP contribution in [0.5, 0.6) is 0 Å². The number of likely N-dealkylation sites (tertiary alicyclic amines) is 1. The minimum Gasteiger partial charge on any atom is -0.393 e. The molecule has 0 aromatic carbocycles. The van der Waals surface area contributed by atoms with E-state index in [-0.39, 0.29) is 17.9 Å². The van der Waals surface area contributed by atoms with E-state index >= 15 is 0 Å². The van der Waals surface area contributed by atoms with Crippen molar-refractivity contribution in [3.05, 3.63) is 15.6 Å². The van der Waals surface area contributed by atoms with Crippen LogP contribution in [0, 0.1) is 12.8 Å². The molecule has 2 atom stereocenters. The van der Waals surface area contributed by atoms with E-state index in [2.05, 4.69) is 4.98 Å². The number of rotatable bonds is 4. The Kier molecular flexibility index (Phi) is 5.12. The minimum atomic E-state index is -0.364. The highest BCUT2D eigenvalue weighted by molar-refractivity contribution is 7.13. The third-order valence-electron chi connectivity index (χ3n) is 3.73. The molecule has 1 aliphatic heterocycles. The molecule has 1 saturated heterocycles. The van der Waals surface area contributed by atoms with Gasteiger partial charge in [0.25, 0.3) is 5.91 Å². The SMILES string of the molecule is COCc1nc(C)c(C(=O)N2CCCC(C(C)O)C2)s1. The van der Waals surface area contributed by atoms with Crippen LogP contribution in [-0.4, -0.2) is 47.2 Å². The van der Waals surface area contributed by atoms with Crippen molar-refractivity contribution < 1.29 is 14.6 Å². The van der Waals surface area contributed by atoms with E-state index in [4.69, 9.17) is 4.74 Å². The van der Waals surface area contributed by atoms with Crippen LogP contribution >= 0.6 is 11.3 Å². The molecule has 1 N–H and O–H groups in total. The van der Waals surface area contributed by atoms with Crippen LogP contribution in [0.25, 0.3) is 0 Å². The fraction of sp³-hybridized carbons (Fsp3) is 0.714. The molecule has 1 aromatic rings. The Hall–Kier alpha value is -0.980. The summed E-state index contributed by atoms with van der Waals surface area (Å²) in [6.07, 6.45) is 1.57. The van der Waals surface area contributed by atoms with Crippen molar-refractivity contribution in [2.24, 2.45) is 5.92 Å². The maximum atomic E-state index is 12.6. The molecule has 2 heterocycles. The number of hydrogen-bond acceptors (Lipinski definition) is 5. The summed E-state index contributed by atoms with van der Waals surface area (Å²) in [4.78, 5) is 19.5. The normalized spacial score (nSPS) is 21.0. The average Bonchev–Trinajstić information content (AvgIpc) is 2.79. The zero-order valence-electron chi connectivity index (χ0n) is 12.3. The predicted molar refractivity (Wildman–Crippen MR) is 77.9 cm³/mol. The Labute approximate surface area is 123 Å². The van der Waals surface area contributed by atoms with Crippen molar-refractivity contribution in [1.82, 2.24) is 9.88 Å². The number of carbonyl (C=O) groups excluding carboxylic acids is 1. The number of hydrogen-bond donors (Lipinski definition) is 1. The molecule has 2 unspecified atom stereocenters. The fourth-order valence-corrected chi connectivity index (χ4v) is 3.57. The van der Waals surface area contributed by atoms with Crippen LogP contribution < -0.4 is 0 Å². The van der Waals surface area contributed by atoms with Gasteiger partial charge in [-0.2, -0.15) is 0 Å². The third kappa shape index (κ3) is 3.37. The maximum Gasteiger partial charge on any atom is 0.265 e. The smallest absolute Gasteiger partial charge is 0.265 e. The van der Waals surface area contributed by atoms with Gasteiger partial charge in [-0.25, -0.2) is 4.98 Å². The van der Waals surface area contributed by atoms with E-state index in [1.165, 1.54) is 11.3 Å². The number of ether oxygens (including phenoxy) is 1. The van der Waals surface area contributed by atoms with Gasteiger partial charge < -0.3 is 14.7 Å². The Bertz CT molecular complexity index is 473. The molecular weight excluding hydrogens is 276 g/mol. The number of aliphatic hydroxyl groups excluding tert-OH is 1. The first-order valence-electron chi connectivity index (χ1n) is 6.95. The van der Waals surface area contributed by atoms with Gasteiger partial charge in [-0.05, 0) is 26.7 Å². The van der Waals surface area contributed by atoms with Crippen LogP contribution in [0.1, 0.15) is 40.1 Å². The summed E-state index contributed by atoms with van der Waals surface area (Å²) in [5.74, 6) is 0.215. The summed E-state index contributed by atoms with van der Waals surface area (Å²) in [7, 11) is 1.62. The van der Waals surface area contributed by atoms with Crippen molar-refractivity contribution in [2.45, 2.75) is 39.4 Å². The lowest BCUT2D eigenvalue weighted by Gasteiger charge is -2.34. The van der Waals surface area contributed by atoms with Crippen LogP contribution in [0.15, 0.2) is 0 Å². The second-order valence-electron chi connectivity index (χ2n) is 5.35. The molecule has 0 spiro atoms. The second kappa shape index (κ2) is 6.65. The first kappa shape index (κ1) is 15.4. The lowest BCUT2D eigenvalue weighted by Crippen LogP contribution is -2.42. The molecule has 1 aliphatic rings.